The van der Waals surface area contributed by atoms with Crippen LogP contribution in [-0.4, -0.2) is 62.1 Å². The molecule has 0 atom stereocenters. The molecule has 1 aliphatic heterocycles. The zero-order valence-corrected chi connectivity index (χ0v) is 19.7. The van der Waals surface area contributed by atoms with Crippen LogP contribution >= 0.6 is 0 Å². The second-order valence-electron chi connectivity index (χ2n) is 8.23. The first kappa shape index (κ1) is 24.1. The predicted molar refractivity (Wildman–Crippen MR) is 128 cm³/mol. The number of likely N-dealkylation sites (N-methyl/N-ethyl adjacent to an activating group) is 1. The first-order valence-electron chi connectivity index (χ1n) is 11.7. The fourth-order valence-corrected chi connectivity index (χ4v) is 3.92. The minimum absolute atomic E-state index is 0.116. The maximum absolute atomic E-state index is 12.8. The average molecular weight is 440 g/mol. The number of hydrogen-bond acceptors (Lipinski definition) is 5. The molecule has 1 fully saturated rings. The van der Waals surface area contributed by atoms with Gasteiger partial charge in [0.2, 0.25) is 0 Å². The van der Waals surface area contributed by atoms with E-state index in [1.165, 1.54) is 5.56 Å². The van der Waals surface area contributed by atoms with Gasteiger partial charge in [-0.25, -0.2) is 0 Å². The minimum Gasteiger partial charge on any atom is -0.493 e. The van der Waals surface area contributed by atoms with E-state index in [1.54, 1.807) is 19.2 Å². The molecule has 3 rings (SSSR count). The molecule has 1 aliphatic rings. The Balaban J connectivity index is 1.59. The number of hydrogen-bond donors (Lipinski definition) is 1. The van der Waals surface area contributed by atoms with Crippen molar-refractivity contribution < 1.29 is 14.3 Å². The lowest BCUT2D eigenvalue weighted by Gasteiger charge is -2.34. The van der Waals surface area contributed by atoms with E-state index in [4.69, 9.17) is 9.47 Å². The van der Waals surface area contributed by atoms with Gasteiger partial charge in [0, 0.05) is 44.8 Å². The molecule has 0 radical (unpaired) electrons. The van der Waals surface area contributed by atoms with Gasteiger partial charge in [-0.2, -0.15) is 0 Å². The number of unbranched alkanes of at least 4 members (excludes halogenated alkanes) is 1. The largest absolute Gasteiger partial charge is 0.493 e. The van der Waals surface area contributed by atoms with Crippen LogP contribution in [-0.2, 0) is 13.1 Å². The van der Waals surface area contributed by atoms with Crippen LogP contribution in [0, 0.1) is 0 Å². The van der Waals surface area contributed by atoms with Crippen LogP contribution in [0.15, 0.2) is 42.5 Å². The zero-order valence-electron chi connectivity index (χ0n) is 19.7. The van der Waals surface area contributed by atoms with Crippen LogP contribution in [0.4, 0.5) is 0 Å². The highest BCUT2D eigenvalue weighted by molar-refractivity contribution is 5.94. The summed E-state index contributed by atoms with van der Waals surface area (Å²) < 4.78 is 11.2. The van der Waals surface area contributed by atoms with Gasteiger partial charge in [-0.1, -0.05) is 44.5 Å². The van der Waals surface area contributed by atoms with Gasteiger partial charge < -0.3 is 19.7 Å². The van der Waals surface area contributed by atoms with Gasteiger partial charge >= 0.3 is 0 Å². The van der Waals surface area contributed by atoms with E-state index in [2.05, 4.69) is 47.2 Å². The Labute approximate surface area is 192 Å². The lowest BCUT2D eigenvalue weighted by atomic mass is 10.1. The average Bonchev–Trinajstić information content (AvgIpc) is 2.84. The number of piperazine rings is 1. The molecule has 0 unspecified atom stereocenters. The third kappa shape index (κ3) is 6.71. The molecule has 0 bridgehead atoms. The van der Waals surface area contributed by atoms with Crippen molar-refractivity contribution >= 4 is 5.91 Å². The van der Waals surface area contributed by atoms with Crippen molar-refractivity contribution in [1.82, 2.24) is 15.1 Å². The summed E-state index contributed by atoms with van der Waals surface area (Å²) in [5.74, 6) is 1.14. The van der Waals surface area contributed by atoms with Crippen LogP contribution in [0.2, 0.25) is 0 Å². The third-order valence-electron chi connectivity index (χ3n) is 6.05. The Morgan fingerprint density at radius 3 is 2.38 bits per heavy atom. The highest BCUT2D eigenvalue weighted by Gasteiger charge is 2.17. The monoisotopic (exact) mass is 439 g/mol. The van der Waals surface area contributed by atoms with Crippen molar-refractivity contribution in [1.29, 1.82) is 0 Å². The summed E-state index contributed by atoms with van der Waals surface area (Å²) in [4.78, 5) is 17.8. The molecule has 32 heavy (non-hydrogen) atoms. The summed E-state index contributed by atoms with van der Waals surface area (Å²) in [7, 11) is 1.60. The summed E-state index contributed by atoms with van der Waals surface area (Å²) >= 11 is 0. The second kappa shape index (κ2) is 12.5. The number of nitrogens with zero attached hydrogens (tertiary/aromatic N) is 2. The highest BCUT2D eigenvalue weighted by atomic mass is 16.5. The maximum atomic E-state index is 12.8. The fourth-order valence-electron chi connectivity index (χ4n) is 3.92. The van der Waals surface area contributed by atoms with E-state index in [0.717, 1.165) is 57.7 Å². The number of amides is 1. The van der Waals surface area contributed by atoms with Crippen molar-refractivity contribution in [3.05, 3.63) is 59.2 Å². The summed E-state index contributed by atoms with van der Waals surface area (Å²) in [6.45, 7) is 11.9. The molecule has 2 aromatic carbocycles. The topological polar surface area (TPSA) is 54.0 Å². The van der Waals surface area contributed by atoms with Gasteiger partial charge in [-0.15, -0.1) is 0 Å². The summed E-state index contributed by atoms with van der Waals surface area (Å²) in [6, 6.07) is 13.7. The van der Waals surface area contributed by atoms with E-state index in [9.17, 15) is 4.79 Å². The molecule has 2 aromatic rings. The second-order valence-corrected chi connectivity index (χ2v) is 8.23. The maximum Gasteiger partial charge on any atom is 0.251 e. The predicted octanol–water partition coefficient (Wildman–Crippen LogP) is 3.94. The molecule has 6 nitrogen and oxygen atoms in total. The molecular weight excluding hydrogens is 402 g/mol. The van der Waals surface area contributed by atoms with Crippen molar-refractivity contribution in [3.8, 4) is 11.5 Å². The lowest BCUT2D eigenvalue weighted by Crippen LogP contribution is -2.45. The molecule has 0 spiro atoms. The third-order valence-corrected chi connectivity index (χ3v) is 6.05. The number of nitrogens with one attached hydrogen (secondary N) is 1. The molecule has 174 valence electrons. The molecule has 1 heterocycles. The Hall–Kier alpha value is -2.57. The Morgan fingerprint density at radius 2 is 1.69 bits per heavy atom. The van der Waals surface area contributed by atoms with Crippen LogP contribution in [0.5, 0.6) is 11.5 Å². The Bertz CT molecular complexity index is 863. The van der Waals surface area contributed by atoms with Crippen molar-refractivity contribution in [2.45, 2.75) is 39.8 Å². The van der Waals surface area contributed by atoms with Gasteiger partial charge in [0.1, 0.15) is 0 Å². The summed E-state index contributed by atoms with van der Waals surface area (Å²) in [5.41, 5.74) is 3.00. The number of rotatable bonds is 11. The quantitative estimate of drug-likeness (QED) is 0.538. The molecule has 0 aromatic heterocycles. The van der Waals surface area contributed by atoms with Gasteiger partial charge in [0.25, 0.3) is 5.91 Å². The van der Waals surface area contributed by atoms with E-state index in [1.807, 2.05) is 12.1 Å². The van der Waals surface area contributed by atoms with Gasteiger partial charge in [0.05, 0.1) is 13.7 Å². The number of benzene rings is 2. The van der Waals surface area contributed by atoms with E-state index < -0.39 is 0 Å². The number of methoxy groups -OCH3 is 1. The van der Waals surface area contributed by atoms with Crippen LogP contribution in [0.3, 0.4) is 0 Å². The number of ether oxygens (including phenoxy) is 2. The smallest absolute Gasteiger partial charge is 0.251 e. The van der Waals surface area contributed by atoms with Gasteiger partial charge in [-0.3, -0.25) is 9.69 Å². The first-order valence-corrected chi connectivity index (χ1v) is 11.7. The van der Waals surface area contributed by atoms with Crippen molar-refractivity contribution in [3.63, 3.8) is 0 Å². The number of carbonyl (C=O) groups is 1. The molecule has 1 N–H and O–H groups in total. The highest BCUT2D eigenvalue weighted by Crippen LogP contribution is 2.28. The number of carbonyl (C=O) groups excluding carboxylic acids is 1. The molecule has 1 amide bonds. The van der Waals surface area contributed by atoms with Crippen molar-refractivity contribution in [2.75, 3.05) is 46.4 Å². The molecule has 1 saturated heterocycles. The zero-order chi connectivity index (χ0) is 22.8. The minimum atomic E-state index is -0.116. The van der Waals surface area contributed by atoms with Crippen LogP contribution in [0.25, 0.3) is 0 Å². The van der Waals surface area contributed by atoms with Crippen LogP contribution in [0.1, 0.15) is 48.2 Å². The molecular formula is C26H37N3O3. The van der Waals surface area contributed by atoms with Gasteiger partial charge in [0.15, 0.2) is 11.5 Å². The van der Waals surface area contributed by atoms with Gasteiger partial charge in [-0.05, 0) is 42.3 Å². The molecule has 6 heteroatoms. The normalized spacial score (nSPS) is 14.8. The van der Waals surface area contributed by atoms with E-state index in [0.29, 0.717) is 30.2 Å². The molecule has 0 saturated carbocycles. The lowest BCUT2D eigenvalue weighted by molar-refractivity contribution is 0.0950. The van der Waals surface area contributed by atoms with E-state index >= 15 is 0 Å². The summed E-state index contributed by atoms with van der Waals surface area (Å²) in [5, 5.41) is 3.07. The fraction of sp³-hybridized carbons (Fsp3) is 0.500. The van der Waals surface area contributed by atoms with Crippen molar-refractivity contribution in [2.24, 2.45) is 0 Å². The first-order chi connectivity index (χ1) is 15.6. The Morgan fingerprint density at radius 1 is 0.969 bits per heavy atom. The Kier molecular flexibility index (Phi) is 9.38. The summed E-state index contributed by atoms with van der Waals surface area (Å²) in [6.07, 6.45) is 2.05. The van der Waals surface area contributed by atoms with Crippen LogP contribution < -0.4 is 14.8 Å². The van der Waals surface area contributed by atoms with E-state index in [-0.39, 0.29) is 5.91 Å². The standard InChI is InChI=1S/C26H37N3O3/c1-4-6-17-32-24-12-11-21(18-25(24)31-3)26(30)27-19-22-9-7-8-10-23(22)20-29-15-13-28(5-2)14-16-29/h7-12,18H,4-6,13-17,19-20H2,1-3H3,(H,27,30). The molecule has 0 aliphatic carbocycles. The SMILES string of the molecule is CCCCOc1ccc(C(=O)NCc2ccccc2CN2CCN(CC)CC2)cc1OC.